The lowest BCUT2D eigenvalue weighted by Crippen LogP contribution is -2.07. The molecule has 0 aliphatic carbocycles. The zero-order valence-corrected chi connectivity index (χ0v) is 12.8. The molecule has 0 amide bonds. The smallest absolute Gasteiger partial charge is 0.270 e. The fraction of sp³-hybridized carbons (Fsp3) is 0.200. The highest BCUT2D eigenvalue weighted by Gasteiger charge is 2.18. The Bertz CT molecular complexity index is 646. The lowest BCUT2D eigenvalue weighted by atomic mass is 10.0. The molecule has 1 unspecified atom stereocenters. The second kappa shape index (κ2) is 6.78. The van der Waals surface area contributed by atoms with E-state index in [4.69, 9.17) is 4.74 Å². The summed E-state index contributed by atoms with van der Waals surface area (Å²) in [5.74, 6) is -0.339. The van der Waals surface area contributed by atoms with E-state index in [2.05, 4.69) is 15.9 Å². The van der Waals surface area contributed by atoms with Gasteiger partial charge >= 0.3 is 0 Å². The zero-order valence-electron chi connectivity index (χ0n) is 11.3. The Morgan fingerprint density at radius 3 is 2.48 bits per heavy atom. The molecule has 0 N–H and O–H groups in total. The van der Waals surface area contributed by atoms with E-state index in [1.54, 1.807) is 18.2 Å². The summed E-state index contributed by atoms with van der Waals surface area (Å²) < 4.78 is 19.3. The minimum atomic E-state index is -0.480. The Balaban J connectivity index is 2.47. The molecule has 110 valence electrons. The van der Waals surface area contributed by atoms with Crippen molar-refractivity contribution in [2.45, 2.75) is 13.0 Å². The Kier molecular flexibility index (Phi) is 5.03. The first-order valence-electron chi connectivity index (χ1n) is 6.33. The van der Waals surface area contributed by atoms with Crippen LogP contribution >= 0.6 is 15.9 Å². The van der Waals surface area contributed by atoms with Crippen molar-refractivity contribution in [3.63, 3.8) is 0 Å². The average Bonchev–Trinajstić information content (AvgIpc) is 2.45. The predicted molar refractivity (Wildman–Crippen MR) is 80.7 cm³/mol. The van der Waals surface area contributed by atoms with E-state index in [9.17, 15) is 14.5 Å². The summed E-state index contributed by atoms with van der Waals surface area (Å²) in [6.07, 6.45) is -0.480. The van der Waals surface area contributed by atoms with Crippen molar-refractivity contribution in [2.75, 3.05) is 6.61 Å². The molecule has 4 nitrogen and oxygen atoms in total. The molecule has 2 rings (SSSR count). The van der Waals surface area contributed by atoms with Gasteiger partial charge in [-0.15, -0.1) is 0 Å². The molecule has 21 heavy (non-hydrogen) atoms. The lowest BCUT2D eigenvalue weighted by molar-refractivity contribution is -0.385. The molecule has 0 aliphatic rings. The Morgan fingerprint density at radius 2 is 1.90 bits per heavy atom. The summed E-state index contributed by atoms with van der Waals surface area (Å²) in [6.45, 7) is 2.27. The molecule has 2 aromatic rings. The predicted octanol–water partition coefficient (Wildman–Crippen LogP) is 4.62. The summed E-state index contributed by atoms with van der Waals surface area (Å²) in [6, 6.07) is 10.6. The number of halogens is 2. The standard InChI is InChI=1S/C15H13BrFNO3/c1-2-21-15(10-3-5-13(17)6-4-10)11-7-12(16)9-14(8-11)18(19)20/h3-9,15H,2H2,1H3. The van der Waals surface area contributed by atoms with Crippen molar-refractivity contribution in [3.05, 3.63) is 74.0 Å². The normalized spacial score (nSPS) is 12.1. The molecular weight excluding hydrogens is 341 g/mol. The molecular formula is C15H13BrFNO3. The van der Waals surface area contributed by atoms with Crippen molar-refractivity contribution < 1.29 is 14.1 Å². The highest BCUT2D eigenvalue weighted by atomic mass is 79.9. The van der Waals surface area contributed by atoms with Crippen LogP contribution in [-0.2, 0) is 4.74 Å². The molecule has 0 saturated heterocycles. The average molecular weight is 354 g/mol. The molecule has 2 aromatic carbocycles. The summed E-state index contributed by atoms with van der Waals surface area (Å²) in [5.41, 5.74) is 1.36. The number of non-ortho nitro benzene ring substituents is 1. The van der Waals surface area contributed by atoms with Crippen molar-refractivity contribution in [1.29, 1.82) is 0 Å². The maximum atomic E-state index is 13.0. The van der Waals surface area contributed by atoms with Gasteiger partial charge in [0.15, 0.2) is 0 Å². The monoisotopic (exact) mass is 353 g/mol. The van der Waals surface area contributed by atoms with Gasteiger partial charge in [-0.05, 0) is 36.2 Å². The van der Waals surface area contributed by atoms with Crippen LogP contribution in [0.5, 0.6) is 0 Å². The second-order valence-electron chi connectivity index (χ2n) is 4.39. The first kappa shape index (κ1) is 15.6. The maximum Gasteiger partial charge on any atom is 0.270 e. The fourth-order valence-electron chi connectivity index (χ4n) is 2.04. The van der Waals surface area contributed by atoms with Crippen molar-refractivity contribution in [3.8, 4) is 0 Å². The molecule has 0 bridgehead atoms. The van der Waals surface area contributed by atoms with Crippen molar-refractivity contribution in [1.82, 2.24) is 0 Å². The van der Waals surface area contributed by atoms with Crippen molar-refractivity contribution in [2.24, 2.45) is 0 Å². The van der Waals surface area contributed by atoms with Gasteiger partial charge in [0.25, 0.3) is 5.69 Å². The van der Waals surface area contributed by atoms with E-state index in [1.165, 1.54) is 24.3 Å². The largest absolute Gasteiger partial charge is 0.369 e. The molecule has 0 heterocycles. The minimum absolute atomic E-state index is 0.0220. The Labute approximate surface area is 129 Å². The quantitative estimate of drug-likeness (QED) is 0.581. The number of nitro groups is 1. The number of nitrogens with zero attached hydrogens (tertiary/aromatic N) is 1. The van der Waals surface area contributed by atoms with Crippen LogP contribution in [0, 0.1) is 15.9 Å². The van der Waals surface area contributed by atoms with Crippen LogP contribution in [0.3, 0.4) is 0 Å². The number of nitro benzene ring substituents is 1. The number of hydrogen-bond donors (Lipinski definition) is 0. The van der Waals surface area contributed by atoms with E-state index < -0.39 is 11.0 Å². The Morgan fingerprint density at radius 1 is 1.24 bits per heavy atom. The molecule has 0 saturated carbocycles. The SMILES string of the molecule is CCOC(c1ccc(F)cc1)c1cc(Br)cc([N+](=O)[O-])c1. The van der Waals surface area contributed by atoms with Gasteiger partial charge in [0, 0.05) is 23.2 Å². The summed E-state index contributed by atoms with van der Waals surface area (Å²) >= 11 is 3.26. The third-order valence-corrected chi connectivity index (χ3v) is 3.38. The molecule has 0 spiro atoms. The van der Waals surface area contributed by atoms with E-state index in [0.29, 0.717) is 16.6 Å². The van der Waals surface area contributed by atoms with Gasteiger partial charge < -0.3 is 4.74 Å². The molecule has 0 aliphatic heterocycles. The van der Waals surface area contributed by atoms with Gasteiger partial charge in [-0.2, -0.15) is 0 Å². The first-order chi connectivity index (χ1) is 10.0. The number of hydrogen-bond acceptors (Lipinski definition) is 3. The van der Waals surface area contributed by atoms with Crippen molar-refractivity contribution >= 4 is 21.6 Å². The van der Waals surface area contributed by atoms with E-state index in [0.717, 1.165) is 5.56 Å². The van der Waals surface area contributed by atoms with Gasteiger partial charge in [-0.1, -0.05) is 28.1 Å². The summed E-state index contributed by atoms with van der Waals surface area (Å²) in [5, 5.41) is 11.0. The fourth-order valence-corrected chi connectivity index (χ4v) is 2.54. The first-order valence-corrected chi connectivity index (χ1v) is 7.12. The Hall–Kier alpha value is -1.79. The van der Waals surface area contributed by atoms with E-state index in [-0.39, 0.29) is 11.5 Å². The lowest BCUT2D eigenvalue weighted by Gasteiger charge is -2.18. The minimum Gasteiger partial charge on any atom is -0.369 e. The van der Waals surface area contributed by atoms with Gasteiger partial charge in [0.1, 0.15) is 11.9 Å². The second-order valence-corrected chi connectivity index (χ2v) is 5.30. The van der Waals surface area contributed by atoms with Crippen LogP contribution in [0.2, 0.25) is 0 Å². The number of rotatable bonds is 5. The summed E-state index contributed by atoms with van der Waals surface area (Å²) in [4.78, 5) is 10.5. The van der Waals surface area contributed by atoms with Crippen LogP contribution in [0.25, 0.3) is 0 Å². The molecule has 0 aromatic heterocycles. The number of benzene rings is 2. The van der Waals surface area contributed by atoms with Crippen LogP contribution in [0.15, 0.2) is 46.9 Å². The van der Waals surface area contributed by atoms with Gasteiger partial charge in [0.05, 0.1) is 4.92 Å². The van der Waals surface area contributed by atoms with Crippen LogP contribution in [0.4, 0.5) is 10.1 Å². The van der Waals surface area contributed by atoms with Crippen LogP contribution in [-0.4, -0.2) is 11.5 Å². The molecule has 0 radical (unpaired) electrons. The maximum absolute atomic E-state index is 13.0. The molecule has 0 fully saturated rings. The topological polar surface area (TPSA) is 52.4 Å². The van der Waals surface area contributed by atoms with Gasteiger partial charge in [-0.25, -0.2) is 4.39 Å². The number of ether oxygens (including phenoxy) is 1. The van der Waals surface area contributed by atoms with Crippen LogP contribution in [0.1, 0.15) is 24.2 Å². The molecule has 1 atom stereocenters. The summed E-state index contributed by atoms with van der Waals surface area (Å²) in [7, 11) is 0. The van der Waals surface area contributed by atoms with E-state index in [1.807, 2.05) is 6.92 Å². The third kappa shape index (κ3) is 3.86. The van der Waals surface area contributed by atoms with Gasteiger partial charge in [-0.3, -0.25) is 10.1 Å². The van der Waals surface area contributed by atoms with Crippen LogP contribution < -0.4 is 0 Å². The molecule has 6 heteroatoms. The van der Waals surface area contributed by atoms with E-state index >= 15 is 0 Å². The highest BCUT2D eigenvalue weighted by molar-refractivity contribution is 9.10. The van der Waals surface area contributed by atoms with Gasteiger partial charge in [0.2, 0.25) is 0 Å². The highest BCUT2D eigenvalue weighted by Crippen LogP contribution is 2.31. The third-order valence-electron chi connectivity index (χ3n) is 2.92. The zero-order chi connectivity index (χ0) is 15.4.